The maximum atomic E-state index is 11.5. The van der Waals surface area contributed by atoms with E-state index in [-0.39, 0.29) is 12.1 Å². The van der Waals surface area contributed by atoms with Gasteiger partial charge in [-0.25, -0.2) is 4.79 Å². The minimum absolute atomic E-state index is 0.0647. The molecule has 0 aromatic carbocycles. The highest BCUT2D eigenvalue weighted by Gasteiger charge is 2.39. The van der Waals surface area contributed by atoms with E-state index >= 15 is 0 Å². The average molecular weight is 214 g/mol. The van der Waals surface area contributed by atoms with Gasteiger partial charge in [-0.3, -0.25) is 0 Å². The van der Waals surface area contributed by atoms with Crippen molar-refractivity contribution in [2.45, 2.75) is 45.8 Å². The van der Waals surface area contributed by atoms with Gasteiger partial charge < -0.3 is 15.8 Å². The fourth-order valence-corrected chi connectivity index (χ4v) is 1.71. The van der Waals surface area contributed by atoms with Gasteiger partial charge in [0.05, 0.1) is 0 Å². The topological polar surface area (TPSA) is 64.3 Å². The fraction of sp³-hybridized carbons (Fsp3) is 0.909. The van der Waals surface area contributed by atoms with Gasteiger partial charge in [0.2, 0.25) is 0 Å². The summed E-state index contributed by atoms with van der Waals surface area (Å²) in [7, 11) is 0. The standard InChI is InChI=1S/C11H22N2O2/c1-7-5-8(7)9(6-12)13-10(14)15-11(2,3)4/h7-9H,5-6,12H2,1-4H3,(H,13,14). The molecule has 0 spiro atoms. The molecule has 0 aromatic rings. The van der Waals surface area contributed by atoms with Crippen molar-refractivity contribution in [3.05, 3.63) is 0 Å². The normalized spacial score (nSPS) is 27.0. The fourth-order valence-electron chi connectivity index (χ4n) is 1.71. The number of rotatable bonds is 3. The van der Waals surface area contributed by atoms with Crippen LogP contribution in [0.3, 0.4) is 0 Å². The number of alkyl carbamates (subject to hydrolysis) is 1. The maximum Gasteiger partial charge on any atom is 0.407 e. The summed E-state index contributed by atoms with van der Waals surface area (Å²) in [4.78, 5) is 11.5. The van der Waals surface area contributed by atoms with Gasteiger partial charge in [0.15, 0.2) is 0 Å². The van der Waals surface area contributed by atoms with Crippen molar-refractivity contribution in [3.63, 3.8) is 0 Å². The van der Waals surface area contributed by atoms with E-state index in [0.29, 0.717) is 18.4 Å². The number of carbonyl (C=O) groups is 1. The molecule has 0 bridgehead atoms. The molecule has 1 rings (SSSR count). The van der Waals surface area contributed by atoms with E-state index in [1.165, 1.54) is 0 Å². The lowest BCUT2D eigenvalue weighted by Gasteiger charge is -2.23. The molecule has 0 heterocycles. The molecule has 3 atom stereocenters. The average Bonchev–Trinajstić information content (AvgIpc) is 2.75. The molecule has 1 amide bonds. The zero-order valence-corrected chi connectivity index (χ0v) is 10.0. The second-order valence-corrected chi connectivity index (χ2v) is 5.37. The first kappa shape index (κ1) is 12.3. The Kier molecular flexibility index (Phi) is 3.60. The highest BCUT2D eigenvalue weighted by molar-refractivity contribution is 5.68. The van der Waals surface area contributed by atoms with Gasteiger partial charge in [0.1, 0.15) is 5.60 Å². The third kappa shape index (κ3) is 4.08. The maximum absolute atomic E-state index is 11.5. The minimum Gasteiger partial charge on any atom is -0.444 e. The summed E-state index contributed by atoms with van der Waals surface area (Å²) in [6, 6.07) is 0.0647. The SMILES string of the molecule is CC1CC1C(CN)NC(=O)OC(C)(C)C. The van der Waals surface area contributed by atoms with E-state index < -0.39 is 5.60 Å². The summed E-state index contributed by atoms with van der Waals surface area (Å²) >= 11 is 0. The summed E-state index contributed by atoms with van der Waals surface area (Å²) in [5.74, 6) is 1.20. The monoisotopic (exact) mass is 214 g/mol. The summed E-state index contributed by atoms with van der Waals surface area (Å²) in [6.07, 6.45) is 0.787. The molecular formula is C11H22N2O2. The lowest BCUT2D eigenvalue weighted by atomic mass is 10.1. The van der Waals surface area contributed by atoms with Gasteiger partial charge in [-0.2, -0.15) is 0 Å². The van der Waals surface area contributed by atoms with Gasteiger partial charge in [-0.15, -0.1) is 0 Å². The van der Waals surface area contributed by atoms with Crippen molar-refractivity contribution in [2.24, 2.45) is 17.6 Å². The van der Waals surface area contributed by atoms with Crippen molar-refractivity contribution >= 4 is 6.09 Å². The van der Waals surface area contributed by atoms with Crippen molar-refractivity contribution < 1.29 is 9.53 Å². The molecule has 4 nitrogen and oxygen atoms in total. The number of ether oxygens (including phenoxy) is 1. The number of carbonyl (C=O) groups excluding carboxylic acids is 1. The van der Waals surface area contributed by atoms with Crippen LogP contribution in [-0.4, -0.2) is 24.3 Å². The molecule has 15 heavy (non-hydrogen) atoms. The predicted octanol–water partition coefficient (Wildman–Crippen LogP) is 1.49. The Bertz CT molecular complexity index is 235. The van der Waals surface area contributed by atoms with Crippen molar-refractivity contribution in [3.8, 4) is 0 Å². The molecular weight excluding hydrogens is 192 g/mol. The molecule has 1 aliphatic rings. The van der Waals surface area contributed by atoms with Crippen LogP contribution >= 0.6 is 0 Å². The van der Waals surface area contributed by atoms with Crippen LogP contribution < -0.4 is 11.1 Å². The lowest BCUT2D eigenvalue weighted by Crippen LogP contribution is -2.44. The minimum atomic E-state index is -0.446. The number of hydrogen-bond acceptors (Lipinski definition) is 3. The van der Waals surface area contributed by atoms with Crippen LogP contribution in [-0.2, 0) is 4.74 Å². The van der Waals surface area contributed by atoms with Crippen molar-refractivity contribution in [2.75, 3.05) is 6.54 Å². The highest BCUT2D eigenvalue weighted by Crippen LogP contribution is 2.40. The summed E-state index contributed by atoms with van der Waals surface area (Å²) in [6.45, 7) is 8.20. The van der Waals surface area contributed by atoms with Gasteiger partial charge in [0, 0.05) is 12.6 Å². The van der Waals surface area contributed by atoms with E-state index in [0.717, 1.165) is 6.42 Å². The number of nitrogens with two attached hydrogens (primary N) is 1. The molecule has 0 aromatic heterocycles. The van der Waals surface area contributed by atoms with Gasteiger partial charge in [-0.1, -0.05) is 6.92 Å². The molecule has 0 radical (unpaired) electrons. The zero-order valence-electron chi connectivity index (χ0n) is 10.0. The number of amides is 1. The third-order valence-corrected chi connectivity index (χ3v) is 2.64. The Balaban J connectivity index is 2.35. The van der Waals surface area contributed by atoms with Gasteiger partial charge in [-0.05, 0) is 39.0 Å². The van der Waals surface area contributed by atoms with Crippen molar-refractivity contribution in [1.82, 2.24) is 5.32 Å². The smallest absolute Gasteiger partial charge is 0.407 e. The second-order valence-electron chi connectivity index (χ2n) is 5.37. The Morgan fingerprint density at radius 2 is 2.13 bits per heavy atom. The molecule has 4 heteroatoms. The van der Waals surface area contributed by atoms with E-state index in [1.807, 2.05) is 20.8 Å². The Labute approximate surface area is 91.5 Å². The first-order chi connectivity index (χ1) is 6.83. The molecule has 3 unspecified atom stereocenters. The van der Waals surface area contributed by atoms with Gasteiger partial charge in [0.25, 0.3) is 0 Å². The van der Waals surface area contributed by atoms with Crippen LogP contribution in [0.4, 0.5) is 4.79 Å². The van der Waals surface area contributed by atoms with E-state index in [9.17, 15) is 4.79 Å². The largest absolute Gasteiger partial charge is 0.444 e. The van der Waals surface area contributed by atoms with Crippen LogP contribution in [0.2, 0.25) is 0 Å². The number of nitrogens with one attached hydrogen (secondary N) is 1. The van der Waals surface area contributed by atoms with Crippen LogP contribution in [0.5, 0.6) is 0 Å². The molecule has 88 valence electrons. The van der Waals surface area contributed by atoms with Crippen LogP contribution in [0, 0.1) is 11.8 Å². The van der Waals surface area contributed by atoms with E-state index in [4.69, 9.17) is 10.5 Å². The van der Waals surface area contributed by atoms with Gasteiger partial charge >= 0.3 is 6.09 Å². The molecule has 1 saturated carbocycles. The molecule has 1 aliphatic carbocycles. The summed E-state index contributed by atoms with van der Waals surface area (Å²) < 4.78 is 5.18. The second kappa shape index (κ2) is 4.39. The molecule has 1 fully saturated rings. The zero-order chi connectivity index (χ0) is 11.6. The summed E-state index contributed by atoms with van der Waals surface area (Å²) in [5.41, 5.74) is 5.17. The molecule has 0 aliphatic heterocycles. The quantitative estimate of drug-likeness (QED) is 0.748. The molecule has 0 saturated heterocycles. The number of hydrogen-bond donors (Lipinski definition) is 2. The van der Waals surface area contributed by atoms with Crippen LogP contribution in [0.15, 0.2) is 0 Å². The third-order valence-electron chi connectivity index (χ3n) is 2.64. The molecule has 3 N–H and O–H groups in total. The van der Waals surface area contributed by atoms with Crippen LogP contribution in [0.25, 0.3) is 0 Å². The predicted molar refractivity (Wildman–Crippen MR) is 59.5 cm³/mol. The first-order valence-electron chi connectivity index (χ1n) is 5.53. The first-order valence-corrected chi connectivity index (χ1v) is 5.53. The Hall–Kier alpha value is -0.770. The van der Waals surface area contributed by atoms with Crippen molar-refractivity contribution in [1.29, 1.82) is 0 Å². The van der Waals surface area contributed by atoms with E-state index in [1.54, 1.807) is 0 Å². The van der Waals surface area contributed by atoms with Crippen LogP contribution in [0.1, 0.15) is 34.1 Å². The summed E-state index contributed by atoms with van der Waals surface area (Å²) in [5, 5.41) is 2.83. The Morgan fingerprint density at radius 3 is 2.47 bits per heavy atom. The Morgan fingerprint density at radius 1 is 1.60 bits per heavy atom. The lowest BCUT2D eigenvalue weighted by molar-refractivity contribution is 0.0499. The van der Waals surface area contributed by atoms with E-state index in [2.05, 4.69) is 12.2 Å². The highest BCUT2D eigenvalue weighted by atomic mass is 16.6.